The Kier molecular flexibility index (Phi) is 5.11. The summed E-state index contributed by atoms with van der Waals surface area (Å²) in [7, 11) is 0. The number of anilines is 3. The van der Waals surface area contributed by atoms with Crippen LogP contribution in [-0.4, -0.2) is 23.1 Å². The zero-order valence-electron chi connectivity index (χ0n) is 14.1. The maximum absolute atomic E-state index is 5.27. The first kappa shape index (κ1) is 16.1. The molecule has 0 unspecified atom stereocenters. The molecule has 0 atom stereocenters. The monoisotopic (exact) mass is 322 g/mol. The molecule has 0 saturated carbocycles. The molecule has 1 aliphatic rings. The van der Waals surface area contributed by atoms with Crippen molar-refractivity contribution in [2.24, 2.45) is 0 Å². The van der Waals surface area contributed by atoms with E-state index in [2.05, 4.69) is 40.3 Å². The Balaban J connectivity index is 2.00. The lowest BCUT2D eigenvalue weighted by atomic mass is 10.1. The first-order valence-electron chi connectivity index (χ1n) is 8.18. The first-order chi connectivity index (χ1) is 11.8. The number of hydrogen-bond acceptors (Lipinski definition) is 5. The Morgan fingerprint density at radius 2 is 2.33 bits per heavy atom. The second-order valence-corrected chi connectivity index (χ2v) is 5.55. The molecule has 0 aromatic carbocycles. The van der Waals surface area contributed by atoms with Crippen molar-refractivity contribution in [3.63, 3.8) is 0 Å². The van der Waals surface area contributed by atoms with E-state index in [1.54, 1.807) is 12.5 Å². The molecule has 0 saturated heterocycles. The molecule has 1 N–H and O–H groups in total. The van der Waals surface area contributed by atoms with Gasteiger partial charge in [-0.15, -0.1) is 0 Å². The SMILES string of the molecule is CC/C=C\c1c(Nc2cccnc2)cc(N2C=COCC2)nc1C. The molecule has 5 heteroatoms. The number of hydrogen-bond donors (Lipinski definition) is 1. The van der Waals surface area contributed by atoms with Crippen LogP contribution in [0, 0.1) is 6.92 Å². The lowest BCUT2D eigenvalue weighted by molar-refractivity contribution is 0.245. The van der Waals surface area contributed by atoms with Crippen LogP contribution >= 0.6 is 0 Å². The van der Waals surface area contributed by atoms with Crippen molar-refractivity contribution in [2.75, 3.05) is 23.4 Å². The summed E-state index contributed by atoms with van der Waals surface area (Å²) in [5, 5.41) is 3.47. The van der Waals surface area contributed by atoms with Crippen LogP contribution in [-0.2, 0) is 4.74 Å². The quantitative estimate of drug-likeness (QED) is 0.891. The summed E-state index contributed by atoms with van der Waals surface area (Å²) < 4.78 is 5.27. The summed E-state index contributed by atoms with van der Waals surface area (Å²) in [6, 6.07) is 6.00. The molecule has 0 spiro atoms. The predicted octanol–water partition coefficient (Wildman–Crippen LogP) is 4.26. The molecule has 2 aromatic rings. The maximum atomic E-state index is 5.27. The van der Waals surface area contributed by atoms with Gasteiger partial charge in [-0.3, -0.25) is 4.98 Å². The zero-order valence-corrected chi connectivity index (χ0v) is 14.1. The van der Waals surface area contributed by atoms with Crippen molar-refractivity contribution >= 4 is 23.3 Å². The highest BCUT2D eigenvalue weighted by Crippen LogP contribution is 2.29. The standard InChI is InChI=1S/C19H22N4O/c1-3-4-7-17-15(2)21-19(23-9-11-24-12-10-23)13-18(17)22-16-6-5-8-20-14-16/h4-9,11,13-14H,3,10,12H2,1-2H3,(H,21,22)/b7-4-. The largest absolute Gasteiger partial charge is 0.498 e. The minimum absolute atomic E-state index is 0.667. The fourth-order valence-corrected chi connectivity index (χ4v) is 2.56. The maximum Gasteiger partial charge on any atom is 0.135 e. The zero-order chi connectivity index (χ0) is 16.8. The molecule has 0 radical (unpaired) electrons. The molecule has 5 nitrogen and oxygen atoms in total. The Labute approximate surface area is 142 Å². The molecule has 0 fully saturated rings. The number of nitrogens with zero attached hydrogens (tertiary/aromatic N) is 3. The Hall–Kier alpha value is -2.82. The summed E-state index contributed by atoms with van der Waals surface area (Å²) in [5.41, 5.74) is 4.07. The number of aryl methyl sites for hydroxylation is 1. The average Bonchev–Trinajstić information content (AvgIpc) is 2.62. The number of aromatic nitrogens is 2. The van der Waals surface area contributed by atoms with E-state index in [-0.39, 0.29) is 0 Å². The van der Waals surface area contributed by atoms with Crippen LogP contribution in [0.3, 0.4) is 0 Å². The molecule has 2 aromatic heterocycles. The summed E-state index contributed by atoms with van der Waals surface area (Å²) in [6.45, 7) is 5.62. The number of rotatable bonds is 5. The van der Waals surface area contributed by atoms with Gasteiger partial charge in [0, 0.05) is 29.7 Å². The fraction of sp³-hybridized carbons (Fsp3) is 0.263. The molecule has 3 heterocycles. The highest BCUT2D eigenvalue weighted by Gasteiger charge is 2.14. The van der Waals surface area contributed by atoms with E-state index in [9.17, 15) is 0 Å². The first-order valence-corrected chi connectivity index (χ1v) is 8.18. The van der Waals surface area contributed by atoms with Crippen molar-refractivity contribution in [1.29, 1.82) is 0 Å². The average molecular weight is 322 g/mol. The van der Waals surface area contributed by atoms with Crippen LogP contribution in [0.25, 0.3) is 6.08 Å². The molecule has 0 amide bonds. The smallest absolute Gasteiger partial charge is 0.135 e. The van der Waals surface area contributed by atoms with Crippen LogP contribution < -0.4 is 10.2 Å². The van der Waals surface area contributed by atoms with E-state index in [0.29, 0.717) is 6.61 Å². The number of pyridine rings is 2. The van der Waals surface area contributed by atoms with Crippen molar-refractivity contribution in [1.82, 2.24) is 9.97 Å². The highest BCUT2D eigenvalue weighted by molar-refractivity contribution is 5.76. The molecular formula is C19H22N4O. The molecule has 1 aliphatic heterocycles. The van der Waals surface area contributed by atoms with Gasteiger partial charge in [-0.05, 0) is 25.5 Å². The third-order valence-corrected chi connectivity index (χ3v) is 3.78. The van der Waals surface area contributed by atoms with Gasteiger partial charge < -0.3 is 15.0 Å². The van der Waals surface area contributed by atoms with Gasteiger partial charge >= 0.3 is 0 Å². The number of nitrogens with one attached hydrogen (secondary N) is 1. The number of ether oxygens (including phenoxy) is 1. The van der Waals surface area contributed by atoms with Gasteiger partial charge in [0.05, 0.1) is 30.4 Å². The topological polar surface area (TPSA) is 50.3 Å². The van der Waals surface area contributed by atoms with Crippen molar-refractivity contribution < 1.29 is 4.74 Å². The molecule has 124 valence electrons. The second kappa shape index (κ2) is 7.64. The van der Waals surface area contributed by atoms with E-state index in [1.165, 1.54) is 0 Å². The summed E-state index contributed by atoms with van der Waals surface area (Å²) in [6.07, 6.45) is 12.5. The Morgan fingerprint density at radius 1 is 1.42 bits per heavy atom. The van der Waals surface area contributed by atoms with Crippen LogP contribution in [0.2, 0.25) is 0 Å². The second-order valence-electron chi connectivity index (χ2n) is 5.55. The molecule has 0 bridgehead atoms. The van der Waals surface area contributed by atoms with Crippen molar-refractivity contribution in [2.45, 2.75) is 20.3 Å². The van der Waals surface area contributed by atoms with E-state index in [1.807, 2.05) is 31.5 Å². The summed E-state index contributed by atoms with van der Waals surface area (Å²) in [5.74, 6) is 0.909. The van der Waals surface area contributed by atoms with E-state index < -0.39 is 0 Å². The summed E-state index contributed by atoms with van der Waals surface area (Å²) in [4.78, 5) is 11.0. The fourth-order valence-electron chi connectivity index (χ4n) is 2.56. The Morgan fingerprint density at radius 3 is 3.04 bits per heavy atom. The van der Waals surface area contributed by atoms with Crippen molar-refractivity contribution in [3.8, 4) is 0 Å². The van der Waals surface area contributed by atoms with Gasteiger partial charge in [0.1, 0.15) is 12.4 Å². The predicted molar refractivity (Wildman–Crippen MR) is 98.3 cm³/mol. The van der Waals surface area contributed by atoms with E-state index in [4.69, 9.17) is 9.72 Å². The van der Waals surface area contributed by atoms with Crippen LogP contribution in [0.4, 0.5) is 17.2 Å². The van der Waals surface area contributed by atoms with Gasteiger partial charge in [0.2, 0.25) is 0 Å². The van der Waals surface area contributed by atoms with Gasteiger partial charge in [0.25, 0.3) is 0 Å². The van der Waals surface area contributed by atoms with Crippen LogP contribution in [0.5, 0.6) is 0 Å². The highest BCUT2D eigenvalue weighted by atomic mass is 16.5. The Bertz CT molecular complexity index is 741. The lowest BCUT2D eigenvalue weighted by Crippen LogP contribution is -2.25. The van der Waals surface area contributed by atoms with Gasteiger partial charge in [-0.25, -0.2) is 4.98 Å². The number of allylic oxidation sites excluding steroid dienone is 1. The van der Waals surface area contributed by atoms with Gasteiger partial charge in [0.15, 0.2) is 0 Å². The third-order valence-electron chi connectivity index (χ3n) is 3.78. The molecule has 24 heavy (non-hydrogen) atoms. The minimum atomic E-state index is 0.667. The lowest BCUT2D eigenvalue weighted by Gasteiger charge is -2.24. The van der Waals surface area contributed by atoms with Gasteiger partial charge in [-0.1, -0.05) is 19.1 Å². The van der Waals surface area contributed by atoms with E-state index >= 15 is 0 Å². The normalized spacial score (nSPS) is 14.0. The third kappa shape index (κ3) is 3.74. The molecule has 3 rings (SSSR count). The van der Waals surface area contributed by atoms with E-state index in [0.717, 1.165) is 41.4 Å². The minimum Gasteiger partial charge on any atom is -0.498 e. The van der Waals surface area contributed by atoms with Gasteiger partial charge in [-0.2, -0.15) is 0 Å². The van der Waals surface area contributed by atoms with Crippen LogP contribution in [0.1, 0.15) is 24.6 Å². The molecule has 0 aliphatic carbocycles. The van der Waals surface area contributed by atoms with Crippen LogP contribution in [0.15, 0.2) is 49.1 Å². The van der Waals surface area contributed by atoms with Crippen molar-refractivity contribution in [3.05, 3.63) is 60.4 Å². The molecular weight excluding hydrogens is 300 g/mol. The summed E-state index contributed by atoms with van der Waals surface area (Å²) >= 11 is 0.